The Morgan fingerprint density at radius 3 is 1.37 bits per heavy atom. The van der Waals surface area contributed by atoms with E-state index in [1.54, 1.807) is 4.91 Å². The van der Waals surface area contributed by atoms with Crippen molar-refractivity contribution in [2.24, 2.45) is 0 Å². The summed E-state index contributed by atoms with van der Waals surface area (Å²) in [4.78, 5) is 15.1. The van der Waals surface area contributed by atoms with Crippen LogP contribution in [0.15, 0.2) is 36.4 Å². The van der Waals surface area contributed by atoms with Gasteiger partial charge < -0.3 is 0 Å². The van der Waals surface area contributed by atoms with Crippen LogP contribution in [-0.4, -0.2) is 74.5 Å². The van der Waals surface area contributed by atoms with Crippen LogP contribution in [0.5, 0.6) is 0 Å². The zero-order chi connectivity index (χ0) is 19.4. The Kier molecular flexibility index (Phi) is 5.97. The Hall–Kier alpha value is 0.636. The Morgan fingerprint density at radius 2 is 1.04 bits per heavy atom. The topological polar surface area (TPSA) is 25.8 Å². The van der Waals surface area contributed by atoms with Crippen LogP contribution in [-0.2, 0) is 0 Å². The molecule has 0 saturated carbocycles. The third-order valence-electron chi connectivity index (χ3n) is 4.64. The molecule has 0 saturated heterocycles. The maximum atomic E-state index is 4.72. The van der Waals surface area contributed by atoms with Crippen molar-refractivity contribution in [1.82, 2.24) is 8.75 Å². The van der Waals surface area contributed by atoms with E-state index < -0.39 is 36.8 Å². The quantitative estimate of drug-likeness (QED) is 0.296. The molecule has 0 radical (unpaired) electrons. The van der Waals surface area contributed by atoms with E-state index in [-0.39, 0.29) is 0 Å². The van der Waals surface area contributed by atoms with Gasteiger partial charge in [-0.2, -0.15) is 0 Å². The molecule has 0 fully saturated rings. The molecule has 0 aliphatic carbocycles. The molecule has 4 aromatic rings. The standard InChI is InChI=1S/C14H6N2SSe2.6CH3.2Sn/c1-3-11(18-7-1)9-5-6-10(12-4-2-8-19-12)14-13(9)15-17-16-14;;;;;;;;/h1-6H;6*1H3;;. The number of nitrogens with zero attached hydrogens (tertiary/aromatic N) is 2. The summed E-state index contributed by atoms with van der Waals surface area (Å²) in [5.74, 6) is 0. The van der Waals surface area contributed by atoms with Crippen LogP contribution in [0.25, 0.3) is 31.0 Å². The van der Waals surface area contributed by atoms with E-state index >= 15 is 0 Å². The third kappa shape index (κ3) is 4.26. The third-order valence-corrected chi connectivity index (χ3v) is 38.7. The number of rotatable bonds is 4. The van der Waals surface area contributed by atoms with Gasteiger partial charge in [0.25, 0.3) is 0 Å². The van der Waals surface area contributed by atoms with Gasteiger partial charge in [-0.05, 0) is 0 Å². The molecule has 4 rings (SSSR count). The Bertz CT molecular complexity index is 1030. The van der Waals surface area contributed by atoms with Crippen LogP contribution in [0.3, 0.4) is 0 Å². The predicted octanol–water partition coefficient (Wildman–Crippen LogP) is 4.23. The summed E-state index contributed by atoms with van der Waals surface area (Å²) >= 11 is -1.61. The summed E-state index contributed by atoms with van der Waals surface area (Å²) < 4.78 is 15.9. The van der Waals surface area contributed by atoms with Crippen molar-refractivity contribution in [2.45, 2.75) is 29.6 Å². The molecule has 0 amide bonds. The summed E-state index contributed by atoms with van der Waals surface area (Å²) in [5.41, 5.74) is 4.87. The number of hydrogen-bond donors (Lipinski definition) is 0. The second-order valence-corrected chi connectivity index (χ2v) is 47.4. The van der Waals surface area contributed by atoms with Gasteiger partial charge in [0.05, 0.1) is 0 Å². The van der Waals surface area contributed by atoms with Gasteiger partial charge in [0.2, 0.25) is 0 Å². The van der Waals surface area contributed by atoms with E-state index in [1.807, 2.05) is 0 Å². The first-order valence-electron chi connectivity index (χ1n) is 9.11. The van der Waals surface area contributed by atoms with E-state index in [2.05, 4.69) is 66.0 Å². The van der Waals surface area contributed by atoms with Crippen LogP contribution >= 0.6 is 11.7 Å². The van der Waals surface area contributed by atoms with E-state index in [0.717, 1.165) is 11.0 Å². The van der Waals surface area contributed by atoms with Crippen molar-refractivity contribution < 1.29 is 0 Å². The number of fused-ring (bicyclic) bond motifs is 1. The zero-order valence-electron chi connectivity index (χ0n) is 16.6. The first-order chi connectivity index (χ1) is 12.6. The van der Waals surface area contributed by atoms with Crippen molar-refractivity contribution >= 4 is 93.4 Å². The van der Waals surface area contributed by atoms with Crippen molar-refractivity contribution in [3.63, 3.8) is 0 Å². The van der Waals surface area contributed by atoms with E-state index in [0.29, 0.717) is 29.0 Å². The second kappa shape index (κ2) is 7.71. The van der Waals surface area contributed by atoms with Gasteiger partial charge in [-0.3, -0.25) is 0 Å². The van der Waals surface area contributed by atoms with E-state index in [9.17, 15) is 0 Å². The van der Waals surface area contributed by atoms with Gasteiger partial charge in [0, 0.05) is 0 Å². The summed E-state index contributed by atoms with van der Waals surface area (Å²) in [6.07, 6.45) is 0. The molecule has 140 valence electrons. The van der Waals surface area contributed by atoms with Crippen LogP contribution in [0.4, 0.5) is 0 Å². The Labute approximate surface area is 186 Å². The Morgan fingerprint density at radius 1 is 0.630 bits per heavy atom. The van der Waals surface area contributed by atoms with E-state index in [4.69, 9.17) is 8.75 Å². The van der Waals surface area contributed by atoms with Crippen LogP contribution in [0.1, 0.15) is 0 Å². The molecule has 0 aliphatic rings. The molecule has 0 bridgehead atoms. The molecule has 7 heteroatoms. The SMILES string of the molecule is [CH3][Sn]([CH3])([CH3])[c]1ccc(-c2ccc(-c3cc[c]([Sn]([CH3])([CH3])[CH3])[se]3)c3nsnc23)[se]1. The molecule has 0 atom stereocenters. The number of hydrogen-bond acceptors (Lipinski definition) is 3. The zero-order valence-corrected chi connectivity index (χ0v) is 26.5. The Balaban J connectivity index is 1.82. The first-order valence-corrected chi connectivity index (χ1v) is 33.2. The fraction of sp³-hybridized carbons (Fsp3) is 0.300. The molecule has 0 N–H and O–H groups in total. The first kappa shape index (κ1) is 20.9. The molecule has 0 spiro atoms. The molecule has 3 heterocycles. The molecule has 0 unspecified atom stereocenters. The van der Waals surface area contributed by atoms with Gasteiger partial charge >= 0.3 is 188 Å². The minimum absolute atomic E-state index is 0.471. The van der Waals surface area contributed by atoms with Crippen LogP contribution < -0.4 is 4.91 Å². The van der Waals surface area contributed by atoms with Crippen LogP contribution in [0.2, 0.25) is 29.6 Å². The second-order valence-electron chi connectivity index (χ2n) is 8.95. The van der Waals surface area contributed by atoms with Crippen molar-refractivity contribution in [3.8, 4) is 20.0 Å². The van der Waals surface area contributed by atoms with Gasteiger partial charge in [-0.25, -0.2) is 0 Å². The molecular weight excluding hydrogens is 696 g/mol. The van der Waals surface area contributed by atoms with Crippen molar-refractivity contribution in [3.05, 3.63) is 36.4 Å². The molecule has 27 heavy (non-hydrogen) atoms. The number of benzene rings is 1. The maximum absolute atomic E-state index is 4.72. The molecule has 1 aromatic carbocycles. The van der Waals surface area contributed by atoms with Crippen molar-refractivity contribution in [1.29, 1.82) is 0 Å². The summed E-state index contributed by atoms with van der Waals surface area (Å²) in [5, 5.41) is 0. The normalized spacial score (nSPS) is 12.8. The molecule has 0 aliphatic heterocycles. The molecule has 2 nitrogen and oxygen atoms in total. The van der Waals surface area contributed by atoms with Gasteiger partial charge in [-0.1, -0.05) is 0 Å². The average Bonchev–Trinajstić information content (AvgIpc) is 3.31. The fourth-order valence-electron chi connectivity index (χ4n) is 3.04. The van der Waals surface area contributed by atoms with Crippen molar-refractivity contribution in [2.75, 3.05) is 0 Å². The van der Waals surface area contributed by atoms with Gasteiger partial charge in [-0.15, -0.1) is 0 Å². The average molecular weight is 720 g/mol. The number of aromatic nitrogens is 2. The molecular formula is C20H24N2SSe2Sn2. The fourth-order valence-corrected chi connectivity index (χ4v) is 23.9. The van der Waals surface area contributed by atoms with Gasteiger partial charge in [0.1, 0.15) is 0 Å². The summed E-state index contributed by atoms with van der Waals surface area (Å²) in [6, 6.07) is 14.2. The minimum atomic E-state index is -1.96. The monoisotopic (exact) mass is 724 g/mol. The van der Waals surface area contributed by atoms with E-state index in [1.165, 1.54) is 31.7 Å². The molecule has 3 aromatic heterocycles. The predicted molar refractivity (Wildman–Crippen MR) is 128 cm³/mol. The van der Waals surface area contributed by atoms with Crippen LogP contribution in [0, 0.1) is 0 Å². The van der Waals surface area contributed by atoms with Gasteiger partial charge in [0.15, 0.2) is 0 Å². The summed E-state index contributed by atoms with van der Waals surface area (Å²) in [7, 11) is 0. The summed E-state index contributed by atoms with van der Waals surface area (Å²) in [6.45, 7) is 0.